The second-order valence-electron chi connectivity index (χ2n) is 3.14. The third kappa shape index (κ3) is 1.43. The molecule has 1 aromatic heterocycles. The number of fused-ring (bicyclic) bond motifs is 1. The highest BCUT2D eigenvalue weighted by Crippen LogP contribution is 2.24. The molecule has 0 aliphatic carbocycles. The van der Waals surface area contributed by atoms with Gasteiger partial charge in [-0.2, -0.15) is 0 Å². The van der Waals surface area contributed by atoms with Crippen molar-refractivity contribution in [1.29, 1.82) is 0 Å². The Kier molecular flexibility index (Phi) is 2.30. The Morgan fingerprint density at radius 3 is 2.71 bits per heavy atom. The fourth-order valence-corrected chi connectivity index (χ4v) is 2.34. The molecule has 72 valence electrons. The van der Waals surface area contributed by atoms with Gasteiger partial charge in [-0.3, -0.25) is 0 Å². The third-order valence-electron chi connectivity index (χ3n) is 2.09. The molecule has 0 atom stereocenters. The Bertz CT molecular complexity index is 481. The van der Waals surface area contributed by atoms with Crippen LogP contribution in [0.15, 0.2) is 18.2 Å². The number of hydrogen-bond acceptors (Lipinski definition) is 3. The zero-order valence-electron chi connectivity index (χ0n) is 7.49. The van der Waals surface area contributed by atoms with Crippen LogP contribution in [-0.2, 0) is 0 Å². The summed E-state index contributed by atoms with van der Waals surface area (Å²) in [5.41, 5.74) is 0.568. The average molecular weight is 210 g/mol. The second-order valence-corrected chi connectivity index (χ2v) is 4.22. The summed E-state index contributed by atoms with van der Waals surface area (Å²) < 4.78 is 14.4. The number of hydrogen-bond donors (Lipinski definition) is 2. The van der Waals surface area contributed by atoms with Crippen LogP contribution in [0.5, 0.6) is 0 Å². The third-order valence-corrected chi connectivity index (χ3v) is 3.28. The van der Waals surface area contributed by atoms with Crippen LogP contribution in [0.3, 0.4) is 0 Å². The molecule has 0 saturated carbocycles. The fourth-order valence-electron chi connectivity index (χ4n) is 1.31. The molecule has 0 radical (unpaired) electrons. The standard InChI is InChI=1S/C9H8BFO2S/c1-5-2-3-6-4-7(10(12)13)14-9(6)8(5)11/h2-4,12-13H,1H3. The summed E-state index contributed by atoms with van der Waals surface area (Å²) in [6, 6.07) is 5.04. The Balaban J connectivity index is 2.71. The monoisotopic (exact) mass is 210 g/mol. The lowest BCUT2D eigenvalue weighted by Gasteiger charge is -1.95. The summed E-state index contributed by atoms with van der Waals surface area (Å²) in [4.78, 5) is 0. The predicted octanol–water partition coefficient (Wildman–Crippen LogP) is 1.03. The Morgan fingerprint density at radius 1 is 1.36 bits per heavy atom. The Labute approximate surface area is 84.8 Å². The van der Waals surface area contributed by atoms with Gasteiger partial charge in [-0.05, 0) is 23.9 Å². The van der Waals surface area contributed by atoms with Gasteiger partial charge >= 0.3 is 7.12 Å². The first-order chi connectivity index (χ1) is 6.59. The van der Waals surface area contributed by atoms with Gasteiger partial charge in [0.2, 0.25) is 0 Å². The van der Waals surface area contributed by atoms with E-state index in [0.29, 0.717) is 20.4 Å². The van der Waals surface area contributed by atoms with E-state index in [9.17, 15) is 4.39 Å². The van der Waals surface area contributed by atoms with Crippen LogP contribution >= 0.6 is 11.3 Å². The lowest BCUT2D eigenvalue weighted by Crippen LogP contribution is -2.26. The van der Waals surface area contributed by atoms with Crippen LogP contribution in [0, 0.1) is 12.7 Å². The van der Waals surface area contributed by atoms with E-state index in [-0.39, 0.29) is 5.82 Å². The maximum Gasteiger partial charge on any atom is 0.499 e. The van der Waals surface area contributed by atoms with Crippen molar-refractivity contribution in [3.63, 3.8) is 0 Å². The van der Waals surface area contributed by atoms with E-state index in [1.165, 1.54) is 0 Å². The average Bonchev–Trinajstić information content (AvgIpc) is 2.56. The van der Waals surface area contributed by atoms with Crippen molar-refractivity contribution in [3.05, 3.63) is 29.6 Å². The van der Waals surface area contributed by atoms with E-state index in [4.69, 9.17) is 10.0 Å². The van der Waals surface area contributed by atoms with Crippen LogP contribution in [0.4, 0.5) is 4.39 Å². The molecule has 0 unspecified atom stereocenters. The van der Waals surface area contributed by atoms with E-state index in [1.807, 2.05) is 0 Å². The maximum absolute atomic E-state index is 13.5. The smallest absolute Gasteiger partial charge is 0.423 e. The lowest BCUT2D eigenvalue weighted by molar-refractivity contribution is 0.427. The lowest BCUT2D eigenvalue weighted by atomic mass is 9.89. The summed E-state index contributed by atoms with van der Waals surface area (Å²) in [6.45, 7) is 1.68. The minimum atomic E-state index is -1.52. The molecule has 0 aliphatic heterocycles. The maximum atomic E-state index is 13.5. The highest BCUT2D eigenvalue weighted by Gasteiger charge is 2.16. The van der Waals surface area contributed by atoms with E-state index in [0.717, 1.165) is 11.3 Å². The molecule has 0 spiro atoms. The van der Waals surface area contributed by atoms with Gasteiger partial charge in [0.25, 0.3) is 0 Å². The first kappa shape index (κ1) is 9.64. The molecule has 0 saturated heterocycles. The van der Waals surface area contributed by atoms with Crippen molar-refractivity contribution >= 4 is 33.3 Å². The largest absolute Gasteiger partial charge is 0.499 e. The van der Waals surface area contributed by atoms with Gasteiger partial charge in [-0.1, -0.05) is 12.1 Å². The quantitative estimate of drug-likeness (QED) is 0.690. The fraction of sp³-hybridized carbons (Fsp3) is 0.111. The molecular weight excluding hydrogens is 202 g/mol. The number of aryl methyl sites for hydroxylation is 1. The van der Waals surface area contributed by atoms with Crippen LogP contribution < -0.4 is 4.78 Å². The molecule has 1 heterocycles. The Hall–Kier alpha value is -0.905. The topological polar surface area (TPSA) is 40.5 Å². The van der Waals surface area contributed by atoms with Gasteiger partial charge in [0.05, 0.1) is 4.70 Å². The minimum absolute atomic E-state index is 0.278. The molecule has 0 aliphatic rings. The number of benzene rings is 1. The first-order valence-electron chi connectivity index (χ1n) is 4.14. The zero-order chi connectivity index (χ0) is 10.3. The Morgan fingerprint density at radius 2 is 2.07 bits per heavy atom. The summed E-state index contributed by atoms with van der Waals surface area (Å²) >= 11 is 1.07. The van der Waals surface area contributed by atoms with Crippen molar-refractivity contribution in [2.24, 2.45) is 0 Å². The molecule has 14 heavy (non-hydrogen) atoms. The first-order valence-corrected chi connectivity index (χ1v) is 4.96. The molecule has 5 heteroatoms. The SMILES string of the molecule is Cc1ccc2cc(B(O)O)sc2c1F. The molecule has 1 aromatic carbocycles. The number of rotatable bonds is 1. The predicted molar refractivity (Wildman–Crippen MR) is 56.3 cm³/mol. The summed E-state index contributed by atoms with van der Waals surface area (Å²) in [7, 11) is -1.52. The van der Waals surface area contributed by atoms with E-state index < -0.39 is 7.12 Å². The summed E-state index contributed by atoms with van der Waals surface area (Å²) in [5.74, 6) is -0.278. The highest BCUT2D eigenvalue weighted by molar-refractivity contribution is 7.27. The molecule has 0 fully saturated rings. The van der Waals surface area contributed by atoms with Crippen LogP contribution in [0.25, 0.3) is 10.1 Å². The highest BCUT2D eigenvalue weighted by atomic mass is 32.1. The molecule has 2 N–H and O–H groups in total. The van der Waals surface area contributed by atoms with Crippen LogP contribution in [0.1, 0.15) is 5.56 Å². The van der Waals surface area contributed by atoms with Gasteiger partial charge in [-0.15, -0.1) is 11.3 Å². The van der Waals surface area contributed by atoms with Crippen molar-refractivity contribution in [3.8, 4) is 0 Å². The zero-order valence-corrected chi connectivity index (χ0v) is 8.31. The number of thiophene rings is 1. The van der Waals surface area contributed by atoms with Crippen LogP contribution in [0.2, 0.25) is 0 Å². The molecule has 0 amide bonds. The second kappa shape index (κ2) is 3.35. The van der Waals surface area contributed by atoms with E-state index in [2.05, 4.69) is 0 Å². The molecule has 2 aromatic rings. The summed E-state index contributed by atoms with van der Waals surface area (Å²) in [5, 5.41) is 18.6. The normalized spacial score (nSPS) is 10.9. The molecule has 2 rings (SSSR count). The summed E-state index contributed by atoms with van der Waals surface area (Å²) in [6.07, 6.45) is 0. The van der Waals surface area contributed by atoms with Crippen molar-refractivity contribution < 1.29 is 14.4 Å². The number of halogens is 1. The molecular formula is C9H8BFO2S. The van der Waals surface area contributed by atoms with Gasteiger partial charge in [0.1, 0.15) is 5.82 Å². The van der Waals surface area contributed by atoms with E-state index in [1.54, 1.807) is 25.1 Å². The van der Waals surface area contributed by atoms with Gasteiger partial charge < -0.3 is 10.0 Å². The minimum Gasteiger partial charge on any atom is -0.423 e. The van der Waals surface area contributed by atoms with Crippen molar-refractivity contribution in [2.75, 3.05) is 0 Å². The van der Waals surface area contributed by atoms with Gasteiger partial charge in [0.15, 0.2) is 0 Å². The van der Waals surface area contributed by atoms with E-state index >= 15 is 0 Å². The molecule has 0 bridgehead atoms. The molecule has 2 nitrogen and oxygen atoms in total. The van der Waals surface area contributed by atoms with Gasteiger partial charge in [0, 0.05) is 4.78 Å². The van der Waals surface area contributed by atoms with Crippen molar-refractivity contribution in [1.82, 2.24) is 0 Å². The van der Waals surface area contributed by atoms with Crippen molar-refractivity contribution in [2.45, 2.75) is 6.92 Å². The van der Waals surface area contributed by atoms with Crippen LogP contribution in [-0.4, -0.2) is 17.2 Å². The van der Waals surface area contributed by atoms with Gasteiger partial charge in [-0.25, -0.2) is 4.39 Å².